The summed E-state index contributed by atoms with van der Waals surface area (Å²) in [5.74, 6) is -0.951. The summed E-state index contributed by atoms with van der Waals surface area (Å²) in [6.07, 6.45) is 0. The standard InChI is InChI=1S/C15H11NO2S/c1-10-4-2-6-12(9-16)14(10)19-13-7-3-5-11(8-13)15(17)18/h2-8H,1H3,(H,17,18). The summed E-state index contributed by atoms with van der Waals surface area (Å²) in [5, 5.41) is 18.1. The van der Waals surface area contributed by atoms with Crippen molar-refractivity contribution in [1.82, 2.24) is 0 Å². The van der Waals surface area contributed by atoms with Crippen molar-refractivity contribution in [2.45, 2.75) is 16.7 Å². The summed E-state index contributed by atoms with van der Waals surface area (Å²) in [7, 11) is 0. The van der Waals surface area contributed by atoms with Crippen LogP contribution in [0.5, 0.6) is 0 Å². The summed E-state index contributed by atoms with van der Waals surface area (Å²) in [5.41, 5.74) is 1.85. The van der Waals surface area contributed by atoms with Gasteiger partial charge in [-0.25, -0.2) is 4.79 Å². The SMILES string of the molecule is Cc1cccc(C#N)c1Sc1cccc(C(=O)O)c1. The molecule has 0 aliphatic rings. The summed E-state index contributed by atoms with van der Waals surface area (Å²) in [6.45, 7) is 1.93. The maximum Gasteiger partial charge on any atom is 0.335 e. The second-order valence-corrected chi connectivity index (χ2v) is 5.08. The Kier molecular flexibility index (Phi) is 3.88. The van der Waals surface area contributed by atoms with E-state index in [1.54, 1.807) is 24.3 Å². The number of carboxylic acids is 1. The van der Waals surface area contributed by atoms with Crippen LogP contribution in [0, 0.1) is 18.3 Å². The van der Waals surface area contributed by atoms with Gasteiger partial charge >= 0.3 is 5.97 Å². The first-order chi connectivity index (χ1) is 9.11. The van der Waals surface area contributed by atoms with Gasteiger partial charge in [-0.2, -0.15) is 5.26 Å². The first kappa shape index (κ1) is 13.2. The van der Waals surface area contributed by atoms with Gasteiger partial charge in [0.05, 0.1) is 11.1 Å². The van der Waals surface area contributed by atoms with Gasteiger partial charge in [0.2, 0.25) is 0 Å². The molecule has 0 atom stereocenters. The fraction of sp³-hybridized carbons (Fsp3) is 0.0667. The van der Waals surface area contributed by atoms with Gasteiger partial charge in [0.1, 0.15) is 6.07 Å². The molecule has 0 aromatic heterocycles. The Labute approximate surface area is 115 Å². The molecule has 94 valence electrons. The Hall–Kier alpha value is -2.25. The number of hydrogen-bond donors (Lipinski definition) is 1. The quantitative estimate of drug-likeness (QED) is 0.922. The highest BCUT2D eigenvalue weighted by Crippen LogP contribution is 2.33. The third kappa shape index (κ3) is 2.95. The molecular formula is C15H11NO2S. The molecule has 3 nitrogen and oxygen atoms in total. The van der Waals surface area contributed by atoms with Gasteiger partial charge in [0.25, 0.3) is 0 Å². The zero-order valence-electron chi connectivity index (χ0n) is 10.3. The molecule has 2 aromatic carbocycles. The third-order valence-corrected chi connectivity index (χ3v) is 3.87. The summed E-state index contributed by atoms with van der Waals surface area (Å²) in [6, 6.07) is 14.4. The average molecular weight is 269 g/mol. The first-order valence-corrected chi connectivity index (χ1v) is 6.44. The number of nitriles is 1. The van der Waals surface area contributed by atoms with Crippen LogP contribution in [0.3, 0.4) is 0 Å². The van der Waals surface area contributed by atoms with Gasteiger partial charge in [-0.1, -0.05) is 30.0 Å². The lowest BCUT2D eigenvalue weighted by Crippen LogP contribution is -1.95. The predicted molar refractivity (Wildman–Crippen MR) is 73.4 cm³/mol. The first-order valence-electron chi connectivity index (χ1n) is 5.62. The topological polar surface area (TPSA) is 61.1 Å². The van der Waals surface area contributed by atoms with Crippen molar-refractivity contribution in [3.63, 3.8) is 0 Å². The minimum atomic E-state index is -0.951. The van der Waals surface area contributed by atoms with Crippen LogP contribution in [0.1, 0.15) is 21.5 Å². The minimum absolute atomic E-state index is 0.247. The average Bonchev–Trinajstić information content (AvgIpc) is 2.41. The Balaban J connectivity index is 2.39. The van der Waals surface area contributed by atoms with Crippen LogP contribution in [-0.4, -0.2) is 11.1 Å². The highest BCUT2D eigenvalue weighted by Gasteiger charge is 2.09. The largest absolute Gasteiger partial charge is 0.478 e. The number of nitrogens with zero attached hydrogens (tertiary/aromatic N) is 1. The van der Waals surface area contributed by atoms with E-state index in [1.165, 1.54) is 11.8 Å². The lowest BCUT2D eigenvalue weighted by atomic mass is 10.1. The van der Waals surface area contributed by atoms with Crippen LogP contribution in [0.2, 0.25) is 0 Å². The molecule has 0 fully saturated rings. The van der Waals surface area contributed by atoms with Crippen molar-refractivity contribution in [1.29, 1.82) is 5.26 Å². The molecule has 4 heteroatoms. The Morgan fingerprint density at radius 1 is 1.26 bits per heavy atom. The number of aromatic carboxylic acids is 1. The van der Waals surface area contributed by atoms with Gasteiger partial charge in [0.15, 0.2) is 0 Å². The van der Waals surface area contributed by atoms with Crippen LogP contribution in [0.4, 0.5) is 0 Å². The molecule has 0 heterocycles. The molecule has 0 spiro atoms. The zero-order valence-corrected chi connectivity index (χ0v) is 11.1. The van der Waals surface area contributed by atoms with E-state index in [9.17, 15) is 4.79 Å². The van der Waals surface area contributed by atoms with E-state index in [0.717, 1.165) is 15.4 Å². The predicted octanol–water partition coefficient (Wildman–Crippen LogP) is 3.72. The van der Waals surface area contributed by atoms with Crippen molar-refractivity contribution in [2.75, 3.05) is 0 Å². The van der Waals surface area contributed by atoms with E-state index in [2.05, 4.69) is 6.07 Å². The van der Waals surface area contributed by atoms with Crippen LogP contribution in [-0.2, 0) is 0 Å². The number of rotatable bonds is 3. The van der Waals surface area contributed by atoms with Crippen LogP contribution >= 0.6 is 11.8 Å². The maximum absolute atomic E-state index is 10.9. The molecule has 19 heavy (non-hydrogen) atoms. The fourth-order valence-electron chi connectivity index (χ4n) is 1.69. The number of carbonyl (C=O) groups is 1. The molecule has 1 N–H and O–H groups in total. The normalized spacial score (nSPS) is 9.89. The van der Waals surface area contributed by atoms with E-state index >= 15 is 0 Å². The highest BCUT2D eigenvalue weighted by atomic mass is 32.2. The highest BCUT2D eigenvalue weighted by molar-refractivity contribution is 7.99. The van der Waals surface area contributed by atoms with Crippen molar-refractivity contribution < 1.29 is 9.90 Å². The molecule has 0 saturated carbocycles. The molecule has 0 amide bonds. The number of hydrogen-bond acceptors (Lipinski definition) is 3. The molecule has 2 aromatic rings. The van der Waals surface area contributed by atoms with Crippen LogP contribution < -0.4 is 0 Å². The molecule has 0 radical (unpaired) electrons. The lowest BCUT2D eigenvalue weighted by Gasteiger charge is -2.08. The maximum atomic E-state index is 10.9. The number of benzene rings is 2. The van der Waals surface area contributed by atoms with Gasteiger partial charge in [-0.3, -0.25) is 0 Å². The van der Waals surface area contributed by atoms with Gasteiger partial charge < -0.3 is 5.11 Å². The van der Waals surface area contributed by atoms with Crippen LogP contribution in [0.15, 0.2) is 52.3 Å². The third-order valence-electron chi connectivity index (χ3n) is 2.63. The second-order valence-electron chi connectivity index (χ2n) is 4.00. The van der Waals surface area contributed by atoms with Crippen molar-refractivity contribution >= 4 is 17.7 Å². The van der Waals surface area contributed by atoms with Crippen molar-refractivity contribution in [2.24, 2.45) is 0 Å². The van der Waals surface area contributed by atoms with E-state index in [1.807, 2.05) is 25.1 Å². The Morgan fingerprint density at radius 2 is 2.00 bits per heavy atom. The van der Waals surface area contributed by atoms with E-state index in [0.29, 0.717) is 5.56 Å². The molecular weight excluding hydrogens is 258 g/mol. The van der Waals surface area contributed by atoms with Gasteiger partial charge in [0, 0.05) is 9.79 Å². The molecule has 0 bridgehead atoms. The van der Waals surface area contributed by atoms with Crippen molar-refractivity contribution in [3.05, 3.63) is 59.2 Å². The summed E-state index contributed by atoms with van der Waals surface area (Å²) in [4.78, 5) is 12.6. The second kappa shape index (κ2) is 5.59. The van der Waals surface area contributed by atoms with Crippen LogP contribution in [0.25, 0.3) is 0 Å². The van der Waals surface area contributed by atoms with Gasteiger partial charge in [-0.05, 0) is 36.8 Å². The zero-order chi connectivity index (χ0) is 13.8. The molecule has 0 unspecified atom stereocenters. The number of carboxylic acid groups (broad SMARTS) is 1. The van der Waals surface area contributed by atoms with E-state index < -0.39 is 5.97 Å². The number of aryl methyl sites for hydroxylation is 1. The summed E-state index contributed by atoms with van der Waals surface area (Å²) >= 11 is 1.41. The Morgan fingerprint density at radius 3 is 2.68 bits per heavy atom. The molecule has 0 aliphatic carbocycles. The van der Waals surface area contributed by atoms with E-state index in [4.69, 9.17) is 10.4 Å². The lowest BCUT2D eigenvalue weighted by molar-refractivity contribution is 0.0696. The Bertz CT molecular complexity index is 674. The van der Waals surface area contributed by atoms with E-state index in [-0.39, 0.29) is 5.56 Å². The molecule has 0 aliphatic heterocycles. The molecule has 2 rings (SSSR count). The summed E-state index contributed by atoms with van der Waals surface area (Å²) < 4.78 is 0. The minimum Gasteiger partial charge on any atom is -0.478 e. The monoisotopic (exact) mass is 269 g/mol. The van der Waals surface area contributed by atoms with Gasteiger partial charge in [-0.15, -0.1) is 0 Å². The molecule has 0 saturated heterocycles. The van der Waals surface area contributed by atoms with Crippen molar-refractivity contribution in [3.8, 4) is 6.07 Å². The smallest absolute Gasteiger partial charge is 0.335 e. The fourth-order valence-corrected chi connectivity index (χ4v) is 2.71.